The highest BCUT2D eigenvalue weighted by molar-refractivity contribution is 7.92. The Kier molecular flexibility index (Phi) is 7.45. The Balaban J connectivity index is 1.88. The molecule has 1 N–H and O–H groups in total. The number of nitrogens with one attached hydrogen (secondary N) is 1. The third-order valence-corrected chi connectivity index (χ3v) is 7.58. The molecule has 0 saturated heterocycles. The summed E-state index contributed by atoms with van der Waals surface area (Å²) in [4.78, 5) is 26.7. The van der Waals surface area contributed by atoms with E-state index < -0.39 is 27.9 Å². The summed E-state index contributed by atoms with van der Waals surface area (Å²) < 4.78 is 36.8. The van der Waals surface area contributed by atoms with Crippen molar-refractivity contribution < 1.29 is 27.5 Å². The van der Waals surface area contributed by atoms with E-state index in [1.807, 2.05) is 6.92 Å². The SMILES string of the molecule is CCOC(=O)c1c(NC(=O)[C@@H](C)N(c2ccc(OCC)cc2)S(C)(=O)=O)sc2c1CCC2. The molecule has 0 bridgehead atoms. The molecule has 1 heterocycles. The number of ether oxygens (including phenoxy) is 2. The van der Waals surface area contributed by atoms with Gasteiger partial charge in [0.1, 0.15) is 16.8 Å². The summed E-state index contributed by atoms with van der Waals surface area (Å²) in [7, 11) is -3.77. The first-order valence-electron chi connectivity index (χ1n) is 10.5. The lowest BCUT2D eigenvalue weighted by Crippen LogP contribution is -2.45. The summed E-state index contributed by atoms with van der Waals surface area (Å²) in [5.74, 6) is -0.398. The highest BCUT2D eigenvalue weighted by Crippen LogP contribution is 2.39. The van der Waals surface area contributed by atoms with Crippen molar-refractivity contribution in [2.24, 2.45) is 0 Å². The van der Waals surface area contributed by atoms with Crippen LogP contribution in [0.15, 0.2) is 24.3 Å². The first kappa shape index (κ1) is 24.1. The van der Waals surface area contributed by atoms with Crippen LogP contribution in [0.4, 0.5) is 10.7 Å². The van der Waals surface area contributed by atoms with Gasteiger partial charge in [0.2, 0.25) is 15.9 Å². The first-order chi connectivity index (χ1) is 15.2. The largest absolute Gasteiger partial charge is 0.494 e. The van der Waals surface area contributed by atoms with Gasteiger partial charge in [0.05, 0.1) is 30.7 Å². The van der Waals surface area contributed by atoms with Crippen molar-refractivity contribution in [3.63, 3.8) is 0 Å². The number of sulfonamides is 1. The number of carbonyl (C=O) groups excluding carboxylic acids is 2. The van der Waals surface area contributed by atoms with Crippen LogP contribution in [0.25, 0.3) is 0 Å². The number of amides is 1. The topological polar surface area (TPSA) is 102 Å². The Morgan fingerprint density at radius 3 is 2.44 bits per heavy atom. The number of nitrogens with zero attached hydrogens (tertiary/aromatic N) is 1. The molecule has 3 rings (SSSR count). The summed E-state index contributed by atoms with van der Waals surface area (Å²) in [6, 6.07) is 5.46. The minimum atomic E-state index is -3.77. The molecule has 1 amide bonds. The highest BCUT2D eigenvalue weighted by Gasteiger charge is 2.32. The van der Waals surface area contributed by atoms with Gasteiger partial charge in [-0.3, -0.25) is 9.10 Å². The smallest absolute Gasteiger partial charge is 0.341 e. The van der Waals surface area contributed by atoms with Crippen LogP contribution in [-0.4, -0.2) is 45.8 Å². The summed E-state index contributed by atoms with van der Waals surface area (Å²) >= 11 is 1.35. The Bertz CT molecular complexity index is 1090. The summed E-state index contributed by atoms with van der Waals surface area (Å²) in [6.45, 7) is 5.81. The highest BCUT2D eigenvalue weighted by atomic mass is 32.2. The predicted molar refractivity (Wildman–Crippen MR) is 125 cm³/mol. The molecular formula is C22H28N2O6S2. The summed E-state index contributed by atoms with van der Waals surface area (Å²) in [6.07, 6.45) is 3.61. The van der Waals surface area contributed by atoms with E-state index in [1.54, 1.807) is 31.2 Å². The van der Waals surface area contributed by atoms with Crippen LogP contribution in [0.5, 0.6) is 5.75 Å². The van der Waals surface area contributed by atoms with Gasteiger partial charge in [0, 0.05) is 4.88 Å². The van der Waals surface area contributed by atoms with Crippen LogP contribution in [0.3, 0.4) is 0 Å². The van der Waals surface area contributed by atoms with Gasteiger partial charge in [0.25, 0.3) is 0 Å². The van der Waals surface area contributed by atoms with Crippen LogP contribution in [0.2, 0.25) is 0 Å². The Hall–Kier alpha value is -2.59. The summed E-state index contributed by atoms with van der Waals surface area (Å²) in [5.41, 5.74) is 1.65. The third kappa shape index (κ3) is 5.07. The molecule has 1 aliphatic rings. The molecule has 0 radical (unpaired) electrons. The third-order valence-electron chi connectivity index (χ3n) is 5.13. The fourth-order valence-electron chi connectivity index (χ4n) is 3.79. The lowest BCUT2D eigenvalue weighted by atomic mass is 10.1. The number of benzene rings is 1. The zero-order valence-electron chi connectivity index (χ0n) is 18.6. The second-order valence-electron chi connectivity index (χ2n) is 7.43. The van der Waals surface area contributed by atoms with Gasteiger partial charge in [-0.25, -0.2) is 13.2 Å². The molecule has 1 aromatic heterocycles. The van der Waals surface area contributed by atoms with Gasteiger partial charge in [-0.2, -0.15) is 0 Å². The minimum Gasteiger partial charge on any atom is -0.494 e. The van der Waals surface area contributed by atoms with E-state index in [-0.39, 0.29) is 6.61 Å². The monoisotopic (exact) mass is 480 g/mol. The maximum atomic E-state index is 13.1. The van der Waals surface area contributed by atoms with E-state index in [2.05, 4.69) is 5.32 Å². The average molecular weight is 481 g/mol. The molecule has 0 aliphatic heterocycles. The second-order valence-corrected chi connectivity index (χ2v) is 10.4. The van der Waals surface area contributed by atoms with E-state index in [1.165, 1.54) is 18.3 Å². The number of hydrogen-bond donors (Lipinski definition) is 1. The predicted octanol–water partition coefficient (Wildman–Crippen LogP) is 3.61. The fourth-order valence-corrected chi connectivity index (χ4v) is 6.25. The van der Waals surface area contributed by atoms with Crippen molar-refractivity contribution in [1.82, 2.24) is 0 Å². The number of carbonyl (C=O) groups is 2. The van der Waals surface area contributed by atoms with Crippen LogP contribution in [0.1, 0.15) is 48.0 Å². The number of aryl methyl sites for hydroxylation is 1. The van der Waals surface area contributed by atoms with Gasteiger partial charge in [-0.05, 0) is 69.9 Å². The van der Waals surface area contributed by atoms with Crippen molar-refractivity contribution in [3.8, 4) is 5.75 Å². The van der Waals surface area contributed by atoms with Crippen LogP contribution >= 0.6 is 11.3 Å². The van der Waals surface area contributed by atoms with E-state index in [0.29, 0.717) is 28.6 Å². The van der Waals surface area contributed by atoms with Gasteiger partial charge in [0.15, 0.2) is 0 Å². The molecule has 174 valence electrons. The Labute approximate surface area is 192 Å². The normalized spacial score (nSPS) is 13.9. The lowest BCUT2D eigenvalue weighted by molar-refractivity contribution is -0.116. The van der Waals surface area contributed by atoms with E-state index in [4.69, 9.17) is 9.47 Å². The molecule has 2 aromatic rings. The lowest BCUT2D eigenvalue weighted by Gasteiger charge is -2.28. The molecule has 1 atom stereocenters. The maximum absolute atomic E-state index is 13.1. The van der Waals surface area contributed by atoms with Crippen LogP contribution < -0.4 is 14.4 Å². The van der Waals surface area contributed by atoms with Gasteiger partial charge in [-0.15, -0.1) is 11.3 Å². The first-order valence-corrected chi connectivity index (χ1v) is 13.2. The van der Waals surface area contributed by atoms with E-state index >= 15 is 0 Å². The van der Waals surface area contributed by atoms with Crippen molar-refractivity contribution in [2.75, 3.05) is 29.1 Å². The zero-order valence-corrected chi connectivity index (χ0v) is 20.3. The number of rotatable bonds is 9. The van der Waals surface area contributed by atoms with Crippen molar-refractivity contribution in [1.29, 1.82) is 0 Å². The molecule has 10 heteroatoms. The fraction of sp³-hybridized carbons (Fsp3) is 0.455. The number of fused-ring (bicyclic) bond motifs is 1. The molecule has 1 aliphatic carbocycles. The van der Waals surface area contributed by atoms with Crippen molar-refractivity contribution in [3.05, 3.63) is 40.3 Å². The molecular weight excluding hydrogens is 452 g/mol. The number of thiophene rings is 1. The zero-order chi connectivity index (χ0) is 23.5. The van der Waals surface area contributed by atoms with Gasteiger partial charge in [-0.1, -0.05) is 0 Å². The van der Waals surface area contributed by atoms with E-state index in [9.17, 15) is 18.0 Å². The summed E-state index contributed by atoms with van der Waals surface area (Å²) in [5, 5.41) is 3.19. The van der Waals surface area contributed by atoms with E-state index in [0.717, 1.165) is 40.3 Å². The standard InChI is InChI=1S/C22H28N2O6S2/c1-5-29-16-12-10-15(11-13-16)24(32(4,27)28)14(3)20(25)23-21-19(22(26)30-6-2)17-8-7-9-18(17)31-21/h10-14H,5-9H2,1-4H3,(H,23,25)/t14-/m1/s1. The van der Waals surface area contributed by atoms with Gasteiger partial charge >= 0.3 is 5.97 Å². The van der Waals surface area contributed by atoms with Gasteiger partial charge < -0.3 is 14.8 Å². The minimum absolute atomic E-state index is 0.229. The maximum Gasteiger partial charge on any atom is 0.341 e. The molecule has 8 nitrogen and oxygen atoms in total. The number of anilines is 2. The Morgan fingerprint density at radius 1 is 1.16 bits per heavy atom. The second kappa shape index (κ2) is 9.91. The molecule has 32 heavy (non-hydrogen) atoms. The molecule has 1 aromatic carbocycles. The number of hydrogen-bond acceptors (Lipinski definition) is 7. The molecule has 0 unspecified atom stereocenters. The molecule has 0 saturated carbocycles. The van der Waals surface area contributed by atoms with Crippen molar-refractivity contribution in [2.45, 2.75) is 46.1 Å². The van der Waals surface area contributed by atoms with Crippen LogP contribution in [0, 0.1) is 0 Å². The van der Waals surface area contributed by atoms with Crippen LogP contribution in [-0.2, 0) is 32.4 Å². The molecule has 0 spiro atoms. The number of esters is 1. The molecule has 0 fully saturated rings. The van der Waals surface area contributed by atoms with Crippen molar-refractivity contribution >= 4 is 43.9 Å². The average Bonchev–Trinajstić information content (AvgIpc) is 3.29. The Morgan fingerprint density at radius 2 is 1.84 bits per heavy atom. The quantitative estimate of drug-likeness (QED) is 0.550.